The first-order chi connectivity index (χ1) is 6.72. The number of Topliss-reactive ketones (excluding diaryl/α,β-unsaturated/α-hetero) is 1. The van der Waals surface area contributed by atoms with E-state index in [1.54, 1.807) is 0 Å². The van der Waals surface area contributed by atoms with Gasteiger partial charge in [-0.1, -0.05) is 31.0 Å². The Balaban J connectivity index is 2.39. The smallest absolute Gasteiger partial charge is 0.163 e. The molecule has 0 N–H and O–H groups in total. The van der Waals surface area contributed by atoms with Crippen molar-refractivity contribution in [3.63, 3.8) is 0 Å². The van der Waals surface area contributed by atoms with Crippen molar-refractivity contribution in [1.82, 2.24) is 0 Å². The van der Waals surface area contributed by atoms with E-state index >= 15 is 0 Å². The third-order valence-corrected chi connectivity index (χ3v) is 3.02. The summed E-state index contributed by atoms with van der Waals surface area (Å²) in [7, 11) is 0. The summed E-state index contributed by atoms with van der Waals surface area (Å²) in [6.07, 6.45) is 3.03. The molecule has 0 bridgehead atoms. The first-order valence-electron chi connectivity index (χ1n) is 5.36. The van der Waals surface area contributed by atoms with Gasteiger partial charge in [-0.05, 0) is 30.9 Å². The average Bonchev–Trinajstić information content (AvgIpc) is 2.44. The van der Waals surface area contributed by atoms with E-state index in [1.165, 1.54) is 11.1 Å². The molecule has 1 aromatic rings. The number of hydrogen-bond acceptors (Lipinski definition) is 1. The van der Waals surface area contributed by atoms with Crippen LogP contribution in [-0.4, -0.2) is 5.78 Å². The Morgan fingerprint density at radius 3 is 2.93 bits per heavy atom. The lowest BCUT2D eigenvalue weighted by molar-refractivity contribution is 0.0988. The molecule has 0 fully saturated rings. The van der Waals surface area contributed by atoms with Crippen LogP contribution < -0.4 is 0 Å². The highest BCUT2D eigenvalue weighted by atomic mass is 16.1. The van der Waals surface area contributed by atoms with Gasteiger partial charge in [0, 0.05) is 12.0 Å². The highest BCUT2D eigenvalue weighted by Gasteiger charge is 2.28. The van der Waals surface area contributed by atoms with Crippen LogP contribution in [0.5, 0.6) is 0 Å². The topological polar surface area (TPSA) is 17.1 Å². The number of fused-ring (bicyclic) bond motifs is 1. The molecule has 0 amide bonds. The monoisotopic (exact) mass is 188 g/mol. The molecule has 2 rings (SSSR count). The number of ketones is 1. The minimum absolute atomic E-state index is 0.335. The predicted molar refractivity (Wildman–Crippen MR) is 57.8 cm³/mol. The molecule has 0 aromatic heterocycles. The number of carbonyl (C=O) groups excluding carboxylic acids is 1. The quantitative estimate of drug-likeness (QED) is 0.694. The molecule has 74 valence electrons. The molecule has 0 aliphatic heterocycles. The van der Waals surface area contributed by atoms with E-state index in [0.29, 0.717) is 11.7 Å². The van der Waals surface area contributed by atoms with E-state index in [2.05, 4.69) is 19.1 Å². The fraction of sp³-hybridized carbons (Fsp3) is 0.462. The first-order valence-corrected chi connectivity index (χ1v) is 5.36. The van der Waals surface area contributed by atoms with Crippen molar-refractivity contribution in [1.29, 1.82) is 0 Å². The summed E-state index contributed by atoms with van der Waals surface area (Å²) in [6.45, 7) is 4.22. The molecule has 1 aliphatic rings. The molecule has 0 radical (unpaired) electrons. The Bertz CT molecular complexity index is 365. The number of benzene rings is 1. The Hall–Kier alpha value is -1.11. The maximum Gasteiger partial charge on any atom is 0.163 e. The normalized spacial score (nSPS) is 19.9. The van der Waals surface area contributed by atoms with Crippen molar-refractivity contribution >= 4 is 5.78 Å². The van der Waals surface area contributed by atoms with Gasteiger partial charge in [-0.25, -0.2) is 0 Å². The number of hydrogen-bond donors (Lipinski definition) is 0. The molecule has 1 unspecified atom stereocenters. The SMILES string of the molecule is CCCC1CC(=O)c2cc(C)ccc21. The summed E-state index contributed by atoms with van der Waals surface area (Å²) < 4.78 is 0. The van der Waals surface area contributed by atoms with Gasteiger partial charge in [0.1, 0.15) is 0 Å². The Kier molecular flexibility index (Phi) is 2.40. The molecule has 1 aliphatic carbocycles. The number of aryl methyl sites for hydroxylation is 1. The van der Waals surface area contributed by atoms with Gasteiger partial charge in [-0.15, -0.1) is 0 Å². The van der Waals surface area contributed by atoms with Crippen LogP contribution in [0.3, 0.4) is 0 Å². The summed E-state index contributed by atoms with van der Waals surface area (Å²) >= 11 is 0. The third-order valence-electron chi connectivity index (χ3n) is 3.02. The summed E-state index contributed by atoms with van der Waals surface area (Å²) in [6, 6.07) is 6.28. The molecule has 1 atom stereocenters. The number of rotatable bonds is 2. The van der Waals surface area contributed by atoms with Crippen molar-refractivity contribution in [2.45, 2.75) is 39.0 Å². The maximum atomic E-state index is 11.7. The van der Waals surface area contributed by atoms with E-state index in [1.807, 2.05) is 13.0 Å². The summed E-state index contributed by atoms with van der Waals surface area (Å²) in [5, 5.41) is 0. The van der Waals surface area contributed by atoms with Gasteiger partial charge in [0.25, 0.3) is 0 Å². The van der Waals surface area contributed by atoms with E-state index in [0.717, 1.165) is 24.8 Å². The van der Waals surface area contributed by atoms with Crippen LogP contribution in [0.4, 0.5) is 0 Å². The fourth-order valence-electron chi connectivity index (χ4n) is 2.32. The summed E-state index contributed by atoms with van der Waals surface area (Å²) in [5.74, 6) is 0.824. The van der Waals surface area contributed by atoms with Crippen molar-refractivity contribution in [3.8, 4) is 0 Å². The van der Waals surface area contributed by atoms with Crippen LogP contribution in [0.2, 0.25) is 0 Å². The van der Waals surface area contributed by atoms with Crippen LogP contribution in [0, 0.1) is 6.92 Å². The molecule has 0 heterocycles. The molecule has 0 saturated heterocycles. The lowest BCUT2D eigenvalue weighted by atomic mass is 9.96. The predicted octanol–water partition coefficient (Wildman–Crippen LogP) is 3.47. The molecule has 0 saturated carbocycles. The molecule has 1 aromatic carbocycles. The zero-order chi connectivity index (χ0) is 10.1. The van der Waals surface area contributed by atoms with Crippen molar-refractivity contribution in [2.24, 2.45) is 0 Å². The lowest BCUT2D eigenvalue weighted by Crippen LogP contribution is -1.92. The van der Waals surface area contributed by atoms with Crippen molar-refractivity contribution in [3.05, 3.63) is 34.9 Å². The van der Waals surface area contributed by atoms with Crippen LogP contribution in [-0.2, 0) is 0 Å². The highest BCUT2D eigenvalue weighted by molar-refractivity contribution is 6.01. The second-order valence-corrected chi connectivity index (χ2v) is 4.20. The van der Waals surface area contributed by atoms with Crippen LogP contribution >= 0.6 is 0 Å². The molecular weight excluding hydrogens is 172 g/mol. The van der Waals surface area contributed by atoms with Gasteiger partial charge in [-0.3, -0.25) is 4.79 Å². The summed E-state index contributed by atoms with van der Waals surface area (Å²) in [4.78, 5) is 11.7. The van der Waals surface area contributed by atoms with Crippen LogP contribution in [0.25, 0.3) is 0 Å². The first kappa shape index (κ1) is 9.45. The van der Waals surface area contributed by atoms with Crippen LogP contribution in [0.1, 0.15) is 53.6 Å². The maximum absolute atomic E-state index is 11.7. The Morgan fingerprint density at radius 2 is 2.21 bits per heavy atom. The van der Waals surface area contributed by atoms with Gasteiger partial charge in [0.05, 0.1) is 0 Å². The van der Waals surface area contributed by atoms with Gasteiger partial charge >= 0.3 is 0 Å². The van der Waals surface area contributed by atoms with Gasteiger partial charge in [-0.2, -0.15) is 0 Å². The summed E-state index contributed by atoms with van der Waals surface area (Å²) in [5.41, 5.74) is 3.44. The molecule has 1 nitrogen and oxygen atoms in total. The largest absolute Gasteiger partial charge is 0.294 e. The minimum atomic E-state index is 0.335. The standard InChI is InChI=1S/C13H16O/c1-3-4-10-8-13(14)12-7-9(2)5-6-11(10)12/h5-7,10H,3-4,8H2,1-2H3. The average molecular weight is 188 g/mol. The van der Waals surface area contributed by atoms with Crippen molar-refractivity contribution < 1.29 is 4.79 Å². The van der Waals surface area contributed by atoms with Crippen LogP contribution in [0.15, 0.2) is 18.2 Å². The van der Waals surface area contributed by atoms with E-state index in [9.17, 15) is 4.79 Å². The van der Waals surface area contributed by atoms with Crippen molar-refractivity contribution in [2.75, 3.05) is 0 Å². The molecular formula is C13H16O. The molecule has 14 heavy (non-hydrogen) atoms. The molecule has 1 heteroatoms. The lowest BCUT2D eigenvalue weighted by Gasteiger charge is -2.08. The second kappa shape index (κ2) is 3.56. The fourth-order valence-corrected chi connectivity index (χ4v) is 2.32. The van der Waals surface area contributed by atoms with Gasteiger partial charge in [0.2, 0.25) is 0 Å². The van der Waals surface area contributed by atoms with E-state index in [4.69, 9.17) is 0 Å². The third kappa shape index (κ3) is 1.47. The minimum Gasteiger partial charge on any atom is -0.294 e. The highest BCUT2D eigenvalue weighted by Crippen LogP contribution is 2.36. The molecule has 0 spiro atoms. The zero-order valence-electron chi connectivity index (χ0n) is 8.84. The zero-order valence-corrected chi connectivity index (χ0v) is 8.84. The van der Waals surface area contributed by atoms with E-state index in [-0.39, 0.29) is 0 Å². The second-order valence-electron chi connectivity index (χ2n) is 4.20. The van der Waals surface area contributed by atoms with Gasteiger partial charge < -0.3 is 0 Å². The van der Waals surface area contributed by atoms with Gasteiger partial charge in [0.15, 0.2) is 5.78 Å². The Morgan fingerprint density at radius 1 is 1.43 bits per heavy atom. The van der Waals surface area contributed by atoms with E-state index < -0.39 is 0 Å². The Labute approximate surface area is 85.1 Å². The number of carbonyl (C=O) groups is 1.